The van der Waals surface area contributed by atoms with Crippen molar-refractivity contribution < 1.29 is 18.3 Å². The summed E-state index contributed by atoms with van der Waals surface area (Å²) in [6.07, 6.45) is -4.93. The van der Waals surface area contributed by atoms with Crippen molar-refractivity contribution in [2.75, 3.05) is 6.54 Å². The van der Waals surface area contributed by atoms with Gasteiger partial charge in [0.2, 0.25) is 0 Å². The van der Waals surface area contributed by atoms with Crippen LogP contribution in [0.4, 0.5) is 13.2 Å². The Morgan fingerprint density at radius 2 is 1.59 bits per heavy atom. The fraction of sp³-hybridized carbons (Fsp3) is 0.364. The molecule has 29 heavy (non-hydrogen) atoms. The number of aliphatic hydroxyl groups is 1. The molecule has 0 radical (unpaired) electrons. The van der Waals surface area contributed by atoms with Gasteiger partial charge in [-0.05, 0) is 85.8 Å². The monoisotopic (exact) mass is 443 g/mol. The van der Waals surface area contributed by atoms with Crippen LogP contribution in [0.25, 0.3) is 21.5 Å². The number of hydrogen-bond donors (Lipinski definition) is 2. The van der Waals surface area contributed by atoms with Crippen molar-refractivity contribution >= 4 is 44.7 Å². The number of alkyl halides is 3. The summed E-state index contributed by atoms with van der Waals surface area (Å²) in [5, 5.41) is 16.8. The zero-order valence-corrected chi connectivity index (χ0v) is 17.8. The van der Waals surface area contributed by atoms with Crippen molar-refractivity contribution in [1.82, 2.24) is 5.32 Å². The molecule has 3 aromatic carbocycles. The summed E-state index contributed by atoms with van der Waals surface area (Å²) in [5.41, 5.74) is -0.322. The molecule has 2 nitrogen and oxygen atoms in total. The highest BCUT2D eigenvalue weighted by Gasteiger charge is 2.31. The molecule has 0 bridgehead atoms. The van der Waals surface area contributed by atoms with E-state index < -0.39 is 17.8 Å². The molecule has 0 unspecified atom stereocenters. The second kappa shape index (κ2) is 7.95. The maximum absolute atomic E-state index is 13.3. The van der Waals surface area contributed by atoms with Crippen LogP contribution in [0.3, 0.4) is 0 Å². The number of nitrogens with one attached hydrogen (secondary N) is 1. The molecule has 0 aliphatic rings. The zero-order valence-electron chi connectivity index (χ0n) is 16.3. The van der Waals surface area contributed by atoms with Gasteiger partial charge in [-0.2, -0.15) is 13.2 Å². The van der Waals surface area contributed by atoms with Crippen LogP contribution in [0, 0.1) is 0 Å². The van der Waals surface area contributed by atoms with Crippen LogP contribution in [-0.4, -0.2) is 17.2 Å². The molecular formula is C22H22Cl2F3NO. The molecule has 0 aliphatic carbocycles. The summed E-state index contributed by atoms with van der Waals surface area (Å²) in [7, 11) is 0. The molecule has 3 rings (SSSR count). The van der Waals surface area contributed by atoms with E-state index in [4.69, 9.17) is 23.2 Å². The highest BCUT2D eigenvalue weighted by atomic mass is 35.5. The first kappa shape index (κ1) is 22.2. The van der Waals surface area contributed by atoms with Gasteiger partial charge in [-0.3, -0.25) is 0 Å². The molecule has 0 saturated carbocycles. The third kappa shape index (κ3) is 4.97. The number of aliphatic hydroxyl groups excluding tert-OH is 1. The number of fused-ring (bicyclic) bond motifs is 3. The molecule has 7 heteroatoms. The molecule has 156 valence electrons. The van der Waals surface area contributed by atoms with E-state index in [1.54, 1.807) is 18.2 Å². The Bertz CT molecular complexity index is 1060. The molecule has 1 atom stereocenters. The minimum atomic E-state index is -4.48. The molecule has 3 aromatic rings. The predicted octanol–water partition coefficient (Wildman–Crippen LogP) is 7.13. The van der Waals surface area contributed by atoms with E-state index in [9.17, 15) is 18.3 Å². The van der Waals surface area contributed by atoms with E-state index in [2.05, 4.69) is 5.32 Å². The number of rotatable bonds is 4. The van der Waals surface area contributed by atoms with Gasteiger partial charge in [0, 0.05) is 21.0 Å². The Kier molecular flexibility index (Phi) is 6.08. The number of benzene rings is 3. The standard InChI is InChI=1S/C22H22Cl2F3NO/c1-21(2,3)28-7-6-20(29)18-11-17-16(9-13(23)10-19(17)24)15-8-12(22(25,26)27)4-5-14(15)18/h4-5,8-11,20,28-29H,6-7H2,1-3H3/t20-/m0/s1. The Balaban J connectivity index is 2.18. The Labute approximate surface area is 177 Å². The molecule has 0 amide bonds. The summed E-state index contributed by atoms with van der Waals surface area (Å²) in [6.45, 7) is 6.62. The largest absolute Gasteiger partial charge is 0.416 e. The summed E-state index contributed by atoms with van der Waals surface area (Å²) < 4.78 is 39.9. The third-order valence-corrected chi connectivity index (χ3v) is 5.31. The minimum absolute atomic E-state index is 0.104. The lowest BCUT2D eigenvalue weighted by molar-refractivity contribution is -0.137. The third-order valence-electron chi connectivity index (χ3n) is 4.77. The lowest BCUT2D eigenvalue weighted by atomic mass is 9.92. The molecular weight excluding hydrogens is 422 g/mol. The minimum Gasteiger partial charge on any atom is -0.388 e. The average molecular weight is 444 g/mol. The van der Waals surface area contributed by atoms with Crippen molar-refractivity contribution in [2.24, 2.45) is 0 Å². The van der Waals surface area contributed by atoms with Crippen LogP contribution in [0.5, 0.6) is 0 Å². The fourth-order valence-electron chi connectivity index (χ4n) is 3.40. The molecule has 0 heterocycles. The molecule has 0 aromatic heterocycles. The first-order valence-electron chi connectivity index (χ1n) is 9.22. The molecule has 0 saturated heterocycles. The van der Waals surface area contributed by atoms with Gasteiger partial charge in [0.25, 0.3) is 0 Å². The van der Waals surface area contributed by atoms with Gasteiger partial charge in [0.1, 0.15) is 0 Å². The maximum atomic E-state index is 13.3. The van der Waals surface area contributed by atoms with Crippen LogP contribution in [0.2, 0.25) is 10.0 Å². The quantitative estimate of drug-likeness (QED) is 0.420. The van der Waals surface area contributed by atoms with Gasteiger partial charge >= 0.3 is 6.18 Å². The van der Waals surface area contributed by atoms with Crippen molar-refractivity contribution in [3.63, 3.8) is 0 Å². The van der Waals surface area contributed by atoms with Crippen molar-refractivity contribution in [1.29, 1.82) is 0 Å². The van der Waals surface area contributed by atoms with Crippen LogP contribution >= 0.6 is 23.2 Å². The molecule has 2 N–H and O–H groups in total. The van der Waals surface area contributed by atoms with Gasteiger partial charge in [-0.15, -0.1) is 0 Å². The van der Waals surface area contributed by atoms with Crippen LogP contribution in [0.15, 0.2) is 36.4 Å². The smallest absolute Gasteiger partial charge is 0.388 e. The van der Waals surface area contributed by atoms with Gasteiger partial charge < -0.3 is 10.4 Å². The summed E-state index contributed by atoms with van der Waals surface area (Å²) in [5.74, 6) is 0. The lowest BCUT2D eigenvalue weighted by Gasteiger charge is -2.22. The van der Waals surface area contributed by atoms with Crippen LogP contribution < -0.4 is 5.32 Å². The highest BCUT2D eigenvalue weighted by molar-refractivity contribution is 6.39. The van der Waals surface area contributed by atoms with E-state index in [1.807, 2.05) is 20.8 Å². The van der Waals surface area contributed by atoms with E-state index in [-0.39, 0.29) is 5.54 Å². The average Bonchev–Trinajstić information content (AvgIpc) is 2.58. The first-order valence-corrected chi connectivity index (χ1v) is 9.98. The van der Waals surface area contributed by atoms with Gasteiger partial charge in [-0.25, -0.2) is 0 Å². The van der Waals surface area contributed by atoms with E-state index in [0.717, 1.165) is 12.1 Å². The maximum Gasteiger partial charge on any atom is 0.416 e. The normalized spacial score (nSPS) is 14.0. The Morgan fingerprint density at radius 1 is 0.931 bits per heavy atom. The summed E-state index contributed by atoms with van der Waals surface area (Å²) in [6, 6.07) is 8.41. The van der Waals surface area contributed by atoms with E-state index >= 15 is 0 Å². The van der Waals surface area contributed by atoms with Crippen LogP contribution in [-0.2, 0) is 6.18 Å². The van der Waals surface area contributed by atoms with Crippen molar-refractivity contribution in [3.05, 3.63) is 57.6 Å². The van der Waals surface area contributed by atoms with E-state index in [1.165, 1.54) is 6.07 Å². The Hall–Kier alpha value is -1.53. The van der Waals surface area contributed by atoms with E-state index in [0.29, 0.717) is 50.1 Å². The van der Waals surface area contributed by atoms with Crippen molar-refractivity contribution in [3.8, 4) is 0 Å². The SMILES string of the molecule is CC(C)(C)NCC[C@H](O)c1cc2c(Cl)cc(Cl)cc2c2cc(C(F)(F)F)ccc12. The van der Waals surface area contributed by atoms with Gasteiger partial charge in [0.15, 0.2) is 0 Å². The molecule has 0 aliphatic heterocycles. The van der Waals surface area contributed by atoms with Crippen molar-refractivity contribution in [2.45, 2.75) is 45.0 Å². The highest BCUT2D eigenvalue weighted by Crippen LogP contribution is 2.40. The first-order chi connectivity index (χ1) is 13.4. The zero-order chi connectivity index (χ0) is 21.6. The van der Waals surface area contributed by atoms with Gasteiger partial charge in [0.05, 0.1) is 11.7 Å². The lowest BCUT2D eigenvalue weighted by Crippen LogP contribution is -2.36. The second-order valence-electron chi connectivity index (χ2n) is 8.19. The Morgan fingerprint density at radius 3 is 2.21 bits per heavy atom. The summed E-state index contributed by atoms with van der Waals surface area (Å²) in [4.78, 5) is 0. The topological polar surface area (TPSA) is 32.3 Å². The molecule has 0 spiro atoms. The number of hydrogen-bond acceptors (Lipinski definition) is 2. The summed E-state index contributed by atoms with van der Waals surface area (Å²) >= 11 is 12.4. The molecule has 0 fully saturated rings. The number of halogens is 5. The second-order valence-corrected chi connectivity index (χ2v) is 9.03. The van der Waals surface area contributed by atoms with Crippen LogP contribution in [0.1, 0.15) is 44.4 Å². The van der Waals surface area contributed by atoms with Gasteiger partial charge in [-0.1, -0.05) is 29.3 Å². The predicted molar refractivity (Wildman–Crippen MR) is 114 cm³/mol. The fourth-order valence-corrected chi connectivity index (χ4v) is 3.95.